The molecular formula is C10H11N3S. The molecule has 1 unspecified atom stereocenters. The summed E-state index contributed by atoms with van der Waals surface area (Å²) in [4.78, 5) is 9.17. The molecule has 0 saturated carbocycles. The van der Waals surface area contributed by atoms with E-state index in [1.165, 1.54) is 11.2 Å². The van der Waals surface area contributed by atoms with Crippen molar-refractivity contribution < 1.29 is 0 Å². The number of nitrogens with zero attached hydrogens (tertiary/aromatic N) is 2. The van der Waals surface area contributed by atoms with Crippen LogP contribution in [0.25, 0.3) is 0 Å². The van der Waals surface area contributed by atoms with E-state index in [9.17, 15) is 0 Å². The Labute approximate surface area is 86.6 Å². The molecule has 0 amide bonds. The van der Waals surface area contributed by atoms with Crippen molar-refractivity contribution in [3.63, 3.8) is 0 Å². The molecule has 2 rings (SSSR count). The summed E-state index contributed by atoms with van der Waals surface area (Å²) in [6.07, 6.45) is 5.03. The molecule has 72 valence electrons. The Bertz CT molecular complexity index is 410. The van der Waals surface area contributed by atoms with E-state index >= 15 is 0 Å². The van der Waals surface area contributed by atoms with Crippen LogP contribution >= 0.6 is 11.3 Å². The predicted molar refractivity (Wildman–Crippen MR) is 57.1 cm³/mol. The Kier molecular flexibility index (Phi) is 2.56. The summed E-state index contributed by atoms with van der Waals surface area (Å²) in [6.45, 7) is 2.07. The maximum Gasteiger partial charge on any atom is 0.115 e. The third-order valence-electron chi connectivity index (χ3n) is 2.17. The molecule has 0 aromatic carbocycles. The molecule has 0 fully saturated rings. The molecule has 2 heterocycles. The molecule has 0 aliphatic rings. The lowest BCUT2D eigenvalue weighted by Gasteiger charge is -2.10. The minimum atomic E-state index is -0.109. The normalized spacial score (nSPS) is 12.7. The van der Waals surface area contributed by atoms with E-state index < -0.39 is 0 Å². The van der Waals surface area contributed by atoms with E-state index in [1.54, 1.807) is 23.7 Å². The Balaban J connectivity index is 2.34. The molecule has 14 heavy (non-hydrogen) atoms. The first kappa shape index (κ1) is 9.30. The second kappa shape index (κ2) is 3.86. The first-order valence-corrected chi connectivity index (χ1v) is 5.21. The number of hydrogen-bond acceptors (Lipinski definition) is 4. The summed E-state index contributed by atoms with van der Waals surface area (Å²) in [6, 6.07) is 1.94. The number of thiophene rings is 1. The van der Waals surface area contributed by atoms with Crippen LogP contribution in [-0.4, -0.2) is 9.97 Å². The van der Waals surface area contributed by atoms with Crippen LogP contribution in [0.3, 0.4) is 0 Å². The number of hydrogen-bond donors (Lipinski definition) is 1. The summed E-state index contributed by atoms with van der Waals surface area (Å²) in [5.41, 5.74) is 8.20. The highest BCUT2D eigenvalue weighted by atomic mass is 32.1. The highest BCUT2D eigenvalue weighted by molar-refractivity contribution is 7.10. The molecule has 2 aromatic rings. The molecule has 2 N–H and O–H groups in total. The zero-order valence-corrected chi connectivity index (χ0v) is 8.66. The Morgan fingerprint density at radius 1 is 1.36 bits per heavy atom. The van der Waals surface area contributed by atoms with Crippen molar-refractivity contribution in [3.05, 3.63) is 46.2 Å². The van der Waals surface area contributed by atoms with E-state index in [1.807, 2.05) is 5.38 Å². The van der Waals surface area contributed by atoms with E-state index in [-0.39, 0.29) is 6.04 Å². The first-order valence-electron chi connectivity index (χ1n) is 4.33. The van der Waals surface area contributed by atoms with Crippen molar-refractivity contribution in [2.75, 3.05) is 0 Å². The van der Waals surface area contributed by atoms with E-state index in [4.69, 9.17) is 5.73 Å². The predicted octanol–water partition coefficient (Wildman–Crippen LogP) is 1.89. The number of rotatable bonds is 2. The van der Waals surface area contributed by atoms with Crippen molar-refractivity contribution in [2.24, 2.45) is 5.73 Å². The minimum Gasteiger partial charge on any atom is -0.320 e. The molecule has 0 aliphatic heterocycles. The van der Waals surface area contributed by atoms with Gasteiger partial charge in [-0.3, -0.25) is 0 Å². The van der Waals surface area contributed by atoms with Crippen LogP contribution in [0.4, 0.5) is 0 Å². The van der Waals surface area contributed by atoms with Gasteiger partial charge >= 0.3 is 0 Å². The fourth-order valence-corrected chi connectivity index (χ4v) is 2.12. The van der Waals surface area contributed by atoms with Crippen molar-refractivity contribution in [1.29, 1.82) is 0 Å². The summed E-state index contributed by atoms with van der Waals surface area (Å²) in [5, 5.41) is 2.05. The smallest absolute Gasteiger partial charge is 0.115 e. The second-order valence-electron chi connectivity index (χ2n) is 3.08. The van der Waals surface area contributed by atoms with Gasteiger partial charge in [0.2, 0.25) is 0 Å². The van der Waals surface area contributed by atoms with E-state index in [0.29, 0.717) is 0 Å². The summed E-state index contributed by atoms with van der Waals surface area (Å²) in [7, 11) is 0. The monoisotopic (exact) mass is 205 g/mol. The Morgan fingerprint density at radius 3 is 2.64 bits per heavy atom. The molecule has 0 saturated heterocycles. The lowest BCUT2D eigenvalue weighted by Crippen LogP contribution is -2.12. The van der Waals surface area contributed by atoms with Crippen LogP contribution in [-0.2, 0) is 0 Å². The average molecular weight is 205 g/mol. The highest BCUT2D eigenvalue weighted by Gasteiger charge is 2.12. The molecule has 4 heteroatoms. The molecule has 0 spiro atoms. The molecule has 2 aromatic heterocycles. The van der Waals surface area contributed by atoms with Crippen LogP contribution in [0.15, 0.2) is 30.2 Å². The summed E-state index contributed by atoms with van der Waals surface area (Å²) < 4.78 is 0. The third-order valence-corrected chi connectivity index (χ3v) is 3.04. The zero-order valence-electron chi connectivity index (χ0n) is 7.84. The topological polar surface area (TPSA) is 51.8 Å². The van der Waals surface area contributed by atoms with E-state index in [2.05, 4.69) is 23.0 Å². The van der Waals surface area contributed by atoms with Gasteiger partial charge in [0, 0.05) is 22.8 Å². The summed E-state index contributed by atoms with van der Waals surface area (Å²) >= 11 is 1.71. The van der Waals surface area contributed by atoms with Crippen molar-refractivity contribution in [1.82, 2.24) is 9.97 Å². The first-order chi connectivity index (χ1) is 6.79. The Hall–Kier alpha value is -1.26. The molecular weight excluding hydrogens is 194 g/mol. The lowest BCUT2D eigenvalue weighted by atomic mass is 10.0. The van der Waals surface area contributed by atoms with Gasteiger partial charge in [0.1, 0.15) is 6.33 Å². The summed E-state index contributed by atoms with van der Waals surface area (Å²) in [5.74, 6) is 0. The minimum absolute atomic E-state index is 0.109. The van der Waals surface area contributed by atoms with Crippen LogP contribution < -0.4 is 5.73 Å². The van der Waals surface area contributed by atoms with Crippen molar-refractivity contribution in [2.45, 2.75) is 13.0 Å². The molecule has 3 nitrogen and oxygen atoms in total. The lowest BCUT2D eigenvalue weighted by molar-refractivity contribution is 0.849. The second-order valence-corrected chi connectivity index (χ2v) is 4.20. The van der Waals surface area contributed by atoms with Gasteiger partial charge in [-0.1, -0.05) is 0 Å². The molecule has 0 aliphatic carbocycles. The van der Waals surface area contributed by atoms with Gasteiger partial charge in [-0.05, 0) is 23.9 Å². The quantitative estimate of drug-likeness (QED) is 0.814. The third kappa shape index (κ3) is 1.66. The fraction of sp³-hybridized carbons (Fsp3) is 0.200. The van der Waals surface area contributed by atoms with Crippen LogP contribution in [0.2, 0.25) is 0 Å². The van der Waals surface area contributed by atoms with Crippen LogP contribution in [0.5, 0.6) is 0 Å². The standard InChI is InChI=1S/C10H11N3S/c1-7-9(2-3-14-7)10(11)8-4-12-6-13-5-8/h2-6,10H,11H2,1H3. The van der Waals surface area contributed by atoms with Gasteiger partial charge in [-0.25, -0.2) is 9.97 Å². The number of nitrogens with two attached hydrogens (primary N) is 1. The molecule has 1 atom stereocenters. The highest BCUT2D eigenvalue weighted by Crippen LogP contribution is 2.25. The van der Waals surface area contributed by atoms with Gasteiger partial charge in [0.15, 0.2) is 0 Å². The Morgan fingerprint density at radius 2 is 2.07 bits per heavy atom. The van der Waals surface area contributed by atoms with Gasteiger partial charge < -0.3 is 5.73 Å². The maximum absolute atomic E-state index is 6.09. The fourth-order valence-electron chi connectivity index (χ4n) is 1.37. The largest absolute Gasteiger partial charge is 0.320 e. The van der Waals surface area contributed by atoms with Gasteiger partial charge in [0.25, 0.3) is 0 Å². The van der Waals surface area contributed by atoms with Gasteiger partial charge in [-0.15, -0.1) is 11.3 Å². The molecule has 0 bridgehead atoms. The van der Waals surface area contributed by atoms with Gasteiger partial charge in [-0.2, -0.15) is 0 Å². The van der Waals surface area contributed by atoms with Crippen LogP contribution in [0.1, 0.15) is 22.0 Å². The number of aromatic nitrogens is 2. The van der Waals surface area contributed by atoms with E-state index in [0.717, 1.165) is 11.1 Å². The number of aryl methyl sites for hydroxylation is 1. The zero-order chi connectivity index (χ0) is 9.97. The maximum atomic E-state index is 6.09. The average Bonchev–Trinajstić information content (AvgIpc) is 2.65. The SMILES string of the molecule is Cc1sccc1C(N)c1cncnc1. The van der Waals surface area contributed by atoms with Crippen LogP contribution in [0, 0.1) is 6.92 Å². The van der Waals surface area contributed by atoms with Crippen molar-refractivity contribution >= 4 is 11.3 Å². The molecule has 0 radical (unpaired) electrons. The van der Waals surface area contributed by atoms with Crippen molar-refractivity contribution in [3.8, 4) is 0 Å². The van der Waals surface area contributed by atoms with Gasteiger partial charge in [0.05, 0.1) is 6.04 Å².